The van der Waals surface area contributed by atoms with Gasteiger partial charge in [-0.2, -0.15) is 0 Å². The summed E-state index contributed by atoms with van der Waals surface area (Å²) >= 11 is 0. The molecule has 2 aromatic rings. The minimum Gasteiger partial charge on any atom is -0.396 e. The van der Waals surface area contributed by atoms with Gasteiger partial charge >= 0.3 is 0 Å². The number of aromatic nitrogens is 2. The molecule has 9 heteroatoms. The highest BCUT2D eigenvalue weighted by Crippen LogP contribution is 2.31. The third-order valence-electron chi connectivity index (χ3n) is 4.55. The van der Waals surface area contributed by atoms with Gasteiger partial charge < -0.3 is 10.2 Å². The lowest BCUT2D eigenvalue weighted by molar-refractivity contribution is 0.191. The molecule has 0 aliphatic heterocycles. The van der Waals surface area contributed by atoms with Crippen LogP contribution in [0.4, 0.5) is 10.3 Å². The highest BCUT2D eigenvalue weighted by atomic mass is 32.2. The molecule has 0 saturated carbocycles. The molecule has 7 nitrogen and oxygen atoms in total. The maximum absolute atomic E-state index is 13.5. The average Bonchev–Trinajstić information content (AvgIpc) is 2.69. The first kappa shape index (κ1) is 23.9. The molecule has 1 heterocycles. The van der Waals surface area contributed by atoms with Gasteiger partial charge in [0.1, 0.15) is 5.82 Å². The van der Waals surface area contributed by atoms with E-state index in [-0.39, 0.29) is 18.5 Å². The van der Waals surface area contributed by atoms with Crippen LogP contribution in [-0.2, 0) is 10.0 Å². The molecule has 1 aromatic carbocycles. The first-order valence-electron chi connectivity index (χ1n) is 9.63. The van der Waals surface area contributed by atoms with Crippen molar-refractivity contribution in [2.45, 2.75) is 38.7 Å². The largest absolute Gasteiger partial charge is 0.396 e. The number of anilines is 1. The van der Waals surface area contributed by atoms with Gasteiger partial charge in [0.05, 0.1) is 23.7 Å². The van der Waals surface area contributed by atoms with Crippen LogP contribution in [0.1, 0.15) is 43.9 Å². The number of sulfonamides is 1. The standard InChI is InChI=1S/C21H28FN3O4S/c1-14(2)19-18(12-11-17(27)6-5-13-26)20(15-7-9-16(22)10-8-15)24-21(23-19)25(3)30(4,28)29/h7-12,14,17,26-27H,5-6,13H2,1-4H3/b12-11+/t17-/m0/s1. The van der Waals surface area contributed by atoms with E-state index in [9.17, 15) is 17.9 Å². The Morgan fingerprint density at radius 1 is 1.20 bits per heavy atom. The monoisotopic (exact) mass is 437 g/mol. The minimum absolute atomic E-state index is 0.0125. The van der Waals surface area contributed by atoms with E-state index in [1.807, 2.05) is 13.8 Å². The molecule has 2 rings (SSSR count). The lowest BCUT2D eigenvalue weighted by Crippen LogP contribution is -2.27. The number of aliphatic hydroxyl groups excluding tert-OH is 2. The summed E-state index contributed by atoms with van der Waals surface area (Å²) in [6.45, 7) is 3.82. The summed E-state index contributed by atoms with van der Waals surface area (Å²) in [4.78, 5) is 8.93. The van der Waals surface area contributed by atoms with Crippen LogP contribution in [0.5, 0.6) is 0 Å². The van der Waals surface area contributed by atoms with Gasteiger partial charge in [-0.3, -0.25) is 0 Å². The smallest absolute Gasteiger partial charge is 0.239 e. The molecule has 0 aliphatic carbocycles. The van der Waals surface area contributed by atoms with Crippen LogP contribution in [0.3, 0.4) is 0 Å². The second-order valence-electron chi connectivity index (χ2n) is 7.36. The van der Waals surface area contributed by atoms with Crippen LogP contribution in [0.2, 0.25) is 0 Å². The zero-order chi connectivity index (χ0) is 22.5. The highest BCUT2D eigenvalue weighted by molar-refractivity contribution is 7.92. The second kappa shape index (κ2) is 10.1. The van der Waals surface area contributed by atoms with Crippen LogP contribution in [0.25, 0.3) is 17.3 Å². The van der Waals surface area contributed by atoms with Gasteiger partial charge in [0.2, 0.25) is 16.0 Å². The number of halogens is 1. The molecule has 0 unspecified atom stereocenters. The zero-order valence-electron chi connectivity index (χ0n) is 17.6. The summed E-state index contributed by atoms with van der Waals surface area (Å²) in [6.07, 6.45) is 4.44. The van der Waals surface area contributed by atoms with Crippen molar-refractivity contribution in [2.24, 2.45) is 0 Å². The van der Waals surface area contributed by atoms with Crippen molar-refractivity contribution in [3.05, 3.63) is 47.4 Å². The van der Waals surface area contributed by atoms with Crippen LogP contribution < -0.4 is 4.31 Å². The summed E-state index contributed by atoms with van der Waals surface area (Å²) in [5, 5.41) is 19.1. The van der Waals surface area contributed by atoms with Crippen molar-refractivity contribution in [2.75, 3.05) is 24.2 Å². The van der Waals surface area contributed by atoms with Crippen LogP contribution in [-0.4, -0.2) is 54.6 Å². The van der Waals surface area contributed by atoms with Crippen molar-refractivity contribution in [3.63, 3.8) is 0 Å². The molecular formula is C21H28FN3O4S. The summed E-state index contributed by atoms with van der Waals surface area (Å²) in [5.74, 6) is -0.464. The van der Waals surface area contributed by atoms with E-state index >= 15 is 0 Å². The van der Waals surface area contributed by atoms with Crippen molar-refractivity contribution in [1.29, 1.82) is 0 Å². The Hall–Kier alpha value is -2.36. The molecule has 0 amide bonds. The summed E-state index contributed by atoms with van der Waals surface area (Å²) < 4.78 is 38.5. The molecular weight excluding hydrogens is 409 g/mol. The molecule has 30 heavy (non-hydrogen) atoms. The molecule has 1 aromatic heterocycles. The van der Waals surface area contributed by atoms with Crippen molar-refractivity contribution in [1.82, 2.24) is 9.97 Å². The van der Waals surface area contributed by atoms with E-state index in [0.29, 0.717) is 35.4 Å². The minimum atomic E-state index is -3.59. The fourth-order valence-electron chi connectivity index (χ4n) is 2.80. The van der Waals surface area contributed by atoms with E-state index in [2.05, 4.69) is 9.97 Å². The predicted octanol–water partition coefficient (Wildman–Crippen LogP) is 2.95. The Balaban J connectivity index is 2.70. The molecule has 164 valence electrons. The topological polar surface area (TPSA) is 104 Å². The van der Waals surface area contributed by atoms with Crippen molar-refractivity contribution >= 4 is 22.0 Å². The number of hydrogen-bond acceptors (Lipinski definition) is 6. The molecule has 1 atom stereocenters. The molecule has 0 bridgehead atoms. The molecule has 0 radical (unpaired) electrons. The van der Waals surface area contributed by atoms with E-state index in [1.165, 1.54) is 19.2 Å². The lowest BCUT2D eigenvalue weighted by Gasteiger charge is -2.20. The Bertz CT molecular complexity index is 992. The molecule has 0 fully saturated rings. The Labute approximate surface area is 177 Å². The third kappa shape index (κ3) is 6.07. The quantitative estimate of drug-likeness (QED) is 0.625. The Kier molecular flexibility index (Phi) is 8.05. The molecule has 2 N–H and O–H groups in total. The van der Waals surface area contributed by atoms with Crippen LogP contribution in [0.15, 0.2) is 30.3 Å². The summed E-state index contributed by atoms with van der Waals surface area (Å²) in [6, 6.07) is 5.73. The Morgan fingerprint density at radius 3 is 2.37 bits per heavy atom. The van der Waals surface area contributed by atoms with Gasteiger partial charge in [0.15, 0.2) is 0 Å². The number of aliphatic hydroxyl groups is 2. The van der Waals surface area contributed by atoms with Crippen molar-refractivity contribution < 1.29 is 23.0 Å². The number of hydrogen-bond donors (Lipinski definition) is 2. The van der Waals surface area contributed by atoms with Gasteiger partial charge in [-0.15, -0.1) is 0 Å². The van der Waals surface area contributed by atoms with Crippen LogP contribution in [0, 0.1) is 5.82 Å². The average molecular weight is 438 g/mol. The fraction of sp³-hybridized carbons (Fsp3) is 0.429. The maximum atomic E-state index is 13.5. The van der Waals surface area contributed by atoms with Gasteiger partial charge in [-0.05, 0) is 43.0 Å². The zero-order valence-corrected chi connectivity index (χ0v) is 18.4. The second-order valence-corrected chi connectivity index (χ2v) is 9.37. The lowest BCUT2D eigenvalue weighted by atomic mass is 9.97. The normalized spacial score (nSPS) is 13.2. The summed E-state index contributed by atoms with van der Waals surface area (Å²) in [5.41, 5.74) is 2.24. The van der Waals surface area contributed by atoms with Gasteiger partial charge in [-0.1, -0.05) is 26.0 Å². The highest BCUT2D eigenvalue weighted by Gasteiger charge is 2.22. The van der Waals surface area contributed by atoms with Crippen molar-refractivity contribution in [3.8, 4) is 11.3 Å². The van der Waals surface area contributed by atoms with E-state index in [0.717, 1.165) is 10.6 Å². The number of rotatable bonds is 9. The Morgan fingerprint density at radius 2 is 1.83 bits per heavy atom. The maximum Gasteiger partial charge on any atom is 0.239 e. The van der Waals surface area contributed by atoms with E-state index in [4.69, 9.17) is 5.11 Å². The SMILES string of the molecule is CC(C)c1nc(N(C)S(C)(=O)=O)nc(-c2ccc(F)cc2)c1/C=C/[C@@H](O)CCCO. The number of nitrogens with zero attached hydrogens (tertiary/aromatic N) is 3. The molecule has 0 spiro atoms. The fourth-order valence-corrected chi connectivity index (χ4v) is 3.18. The van der Waals surface area contributed by atoms with E-state index < -0.39 is 21.9 Å². The predicted molar refractivity (Wildman–Crippen MR) is 116 cm³/mol. The third-order valence-corrected chi connectivity index (χ3v) is 5.71. The first-order valence-corrected chi connectivity index (χ1v) is 11.5. The van der Waals surface area contributed by atoms with Gasteiger partial charge in [0.25, 0.3) is 0 Å². The molecule has 0 saturated heterocycles. The number of benzene rings is 1. The van der Waals surface area contributed by atoms with Gasteiger partial charge in [-0.25, -0.2) is 27.1 Å². The summed E-state index contributed by atoms with van der Waals surface area (Å²) in [7, 11) is -2.21. The van der Waals surface area contributed by atoms with Crippen LogP contribution >= 0.6 is 0 Å². The van der Waals surface area contributed by atoms with Gasteiger partial charge in [0, 0.05) is 24.8 Å². The van der Waals surface area contributed by atoms with E-state index in [1.54, 1.807) is 24.3 Å². The first-order chi connectivity index (χ1) is 14.0. The molecule has 0 aliphatic rings.